The van der Waals surface area contributed by atoms with Gasteiger partial charge in [-0.25, -0.2) is 0 Å². The van der Waals surface area contributed by atoms with Crippen LogP contribution in [0.15, 0.2) is 5.11 Å². The highest BCUT2D eigenvalue weighted by atomic mass is 16.4. The molecule has 6 heteroatoms. The van der Waals surface area contributed by atoms with E-state index in [-0.39, 0.29) is 6.54 Å². The zero-order valence-corrected chi connectivity index (χ0v) is 6.19. The van der Waals surface area contributed by atoms with Gasteiger partial charge >= 0.3 is 5.97 Å². The molecular formula is C5H10N4O2. The molecule has 6 nitrogen and oxygen atoms in total. The van der Waals surface area contributed by atoms with Crippen molar-refractivity contribution in [3.63, 3.8) is 0 Å². The molecule has 0 radical (unpaired) electrons. The average Bonchev–Trinajstić information content (AvgIpc) is 1.97. The van der Waals surface area contributed by atoms with Crippen molar-refractivity contribution in [3.05, 3.63) is 10.4 Å². The van der Waals surface area contributed by atoms with E-state index in [1.165, 1.54) is 6.92 Å². The van der Waals surface area contributed by atoms with Crippen molar-refractivity contribution >= 4 is 5.97 Å². The average molecular weight is 158 g/mol. The minimum atomic E-state index is -0.911. The maximum Gasteiger partial charge on any atom is 0.320 e. The number of hydrogen-bond acceptors (Lipinski definition) is 3. The Kier molecular flexibility index (Phi) is 4.89. The van der Waals surface area contributed by atoms with Gasteiger partial charge < -0.3 is 10.4 Å². The number of carboxylic acids is 1. The smallest absolute Gasteiger partial charge is 0.320 e. The molecule has 0 aliphatic rings. The molecular weight excluding hydrogens is 148 g/mol. The van der Waals surface area contributed by atoms with Crippen LogP contribution in [0.3, 0.4) is 0 Å². The Morgan fingerprint density at radius 3 is 3.00 bits per heavy atom. The van der Waals surface area contributed by atoms with E-state index in [1.54, 1.807) is 0 Å². The van der Waals surface area contributed by atoms with E-state index < -0.39 is 12.0 Å². The fraction of sp³-hybridized carbons (Fsp3) is 0.800. The van der Waals surface area contributed by atoms with Crippen LogP contribution in [0.2, 0.25) is 0 Å². The van der Waals surface area contributed by atoms with E-state index >= 15 is 0 Å². The highest BCUT2D eigenvalue weighted by Crippen LogP contribution is 1.79. The topological polar surface area (TPSA) is 98.1 Å². The van der Waals surface area contributed by atoms with Crippen LogP contribution in [0, 0.1) is 0 Å². The minimum Gasteiger partial charge on any atom is -0.480 e. The van der Waals surface area contributed by atoms with Gasteiger partial charge in [-0.2, -0.15) is 0 Å². The number of carbonyl (C=O) groups is 1. The molecule has 0 aliphatic carbocycles. The third-order valence-corrected chi connectivity index (χ3v) is 1.10. The predicted molar refractivity (Wildman–Crippen MR) is 39.1 cm³/mol. The van der Waals surface area contributed by atoms with Crippen LogP contribution in [0.5, 0.6) is 0 Å². The normalized spacial score (nSPS) is 11.7. The van der Waals surface area contributed by atoms with E-state index in [9.17, 15) is 4.79 Å². The SMILES string of the molecule is CC(NCCN=[N+]=[N-])C(=O)O. The summed E-state index contributed by atoms with van der Waals surface area (Å²) in [7, 11) is 0. The molecule has 0 rings (SSSR count). The third-order valence-electron chi connectivity index (χ3n) is 1.10. The molecule has 0 saturated heterocycles. The molecule has 0 aliphatic heterocycles. The molecule has 0 heterocycles. The summed E-state index contributed by atoms with van der Waals surface area (Å²) >= 11 is 0. The lowest BCUT2D eigenvalue weighted by Gasteiger charge is -2.05. The van der Waals surface area contributed by atoms with E-state index in [4.69, 9.17) is 10.6 Å². The summed E-state index contributed by atoms with van der Waals surface area (Å²) in [6.07, 6.45) is 0. The van der Waals surface area contributed by atoms with Gasteiger partial charge in [0.15, 0.2) is 0 Å². The monoisotopic (exact) mass is 158 g/mol. The van der Waals surface area contributed by atoms with Crippen LogP contribution in [-0.2, 0) is 4.79 Å². The van der Waals surface area contributed by atoms with E-state index in [0.29, 0.717) is 6.54 Å². The van der Waals surface area contributed by atoms with E-state index in [1.807, 2.05) is 0 Å². The van der Waals surface area contributed by atoms with Gasteiger partial charge in [-0.3, -0.25) is 4.79 Å². The number of rotatable bonds is 5. The second-order valence-electron chi connectivity index (χ2n) is 1.97. The van der Waals surface area contributed by atoms with Gasteiger partial charge in [-0.15, -0.1) is 0 Å². The first kappa shape index (κ1) is 9.74. The Morgan fingerprint density at radius 2 is 2.55 bits per heavy atom. The third kappa shape index (κ3) is 5.20. The van der Waals surface area contributed by atoms with Crippen molar-refractivity contribution < 1.29 is 9.90 Å². The summed E-state index contributed by atoms with van der Waals surface area (Å²) in [4.78, 5) is 12.7. The quantitative estimate of drug-likeness (QED) is 0.261. The Bertz CT molecular complexity index is 175. The van der Waals surface area contributed by atoms with E-state index in [0.717, 1.165) is 0 Å². The van der Waals surface area contributed by atoms with Crippen molar-refractivity contribution in [1.82, 2.24) is 5.32 Å². The molecule has 0 fully saturated rings. The van der Waals surface area contributed by atoms with Crippen molar-refractivity contribution in [2.75, 3.05) is 13.1 Å². The van der Waals surface area contributed by atoms with Gasteiger partial charge in [0, 0.05) is 18.0 Å². The molecule has 11 heavy (non-hydrogen) atoms. The molecule has 1 atom stereocenters. The number of nitrogens with one attached hydrogen (secondary N) is 1. The van der Waals surface area contributed by atoms with Crippen LogP contribution in [0.1, 0.15) is 6.92 Å². The summed E-state index contributed by atoms with van der Waals surface area (Å²) in [5, 5.41) is 14.3. The molecule has 0 aromatic carbocycles. The van der Waals surface area contributed by atoms with Gasteiger partial charge in [-0.05, 0) is 12.5 Å². The highest BCUT2D eigenvalue weighted by Gasteiger charge is 2.07. The molecule has 62 valence electrons. The summed E-state index contributed by atoms with van der Waals surface area (Å²) in [5.41, 5.74) is 7.85. The van der Waals surface area contributed by atoms with Crippen LogP contribution < -0.4 is 5.32 Å². The number of carboxylic acid groups (broad SMARTS) is 1. The lowest BCUT2D eigenvalue weighted by molar-refractivity contribution is -0.138. The molecule has 0 bridgehead atoms. The molecule has 0 amide bonds. The van der Waals surface area contributed by atoms with E-state index in [2.05, 4.69) is 15.3 Å². The Morgan fingerprint density at radius 1 is 1.91 bits per heavy atom. The Hall–Kier alpha value is -1.26. The van der Waals surface area contributed by atoms with Crippen LogP contribution in [0.4, 0.5) is 0 Å². The summed E-state index contributed by atoms with van der Waals surface area (Å²) in [5.74, 6) is -0.911. The van der Waals surface area contributed by atoms with Gasteiger partial charge in [-0.1, -0.05) is 5.11 Å². The van der Waals surface area contributed by atoms with Crippen LogP contribution >= 0.6 is 0 Å². The molecule has 0 saturated carbocycles. The second kappa shape index (κ2) is 5.52. The molecule has 0 aromatic rings. The number of hydrogen-bond donors (Lipinski definition) is 2. The van der Waals surface area contributed by atoms with Crippen molar-refractivity contribution in [1.29, 1.82) is 0 Å². The minimum absolute atomic E-state index is 0.272. The van der Waals surface area contributed by atoms with Crippen molar-refractivity contribution in [2.24, 2.45) is 5.11 Å². The van der Waals surface area contributed by atoms with Gasteiger partial charge in [0.1, 0.15) is 6.04 Å². The first-order chi connectivity index (χ1) is 5.18. The molecule has 0 aromatic heterocycles. The highest BCUT2D eigenvalue weighted by molar-refractivity contribution is 5.72. The zero-order valence-electron chi connectivity index (χ0n) is 6.19. The van der Waals surface area contributed by atoms with Gasteiger partial charge in [0.05, 0.1) is 0 Å². The standard InChI is InChI=1S/C5H10N4O2/c1-4(5(10)11)7-2-3-8-9-6/h4,7H,2-3H2,1H3,(H,10,11). The molecule has 1 unspecified atom stereocenters. The van der Waals surface area contributed by atoms with Crippen LogP contribution in [-0.4, -0.2) is 30.2 Å². The molecule has 0 spiro atoms. The Labute approximate surface area is 63.8 Å². The largest absolute Gasteiger partial charge is 0.480 e. The molecule has 2 N–H and O–H groups in total. The lowest BCUT2D eigenvalue weighted by atomic mass is 10.3. The summed E-state index contributed by atoms with van der Waals surface area (Å²) in [6.45, 7) is 2.18. The van der Waals surface area contributed by atoms with Crippen molar-refractivity contribution in [2.45, 2.75) is 13.0 Å². The number of aliphatic carboxylic acids is 1. The zero-order chi connectivity index (χ0) is 8.69. The maximum absolute atomic E-state index is 10.2. The van der Waals surface area contributed by atoms with Crippen LogP contribution in [0.25, 0.3) is 10.4 Å². The summed E-state index contributed by atoms with van der Waals surface area (Å²) < 4.78 is 0. The second-order valence-corrected chi connectivity index (χ2v) is 1.97. The fourth-order valence-electron chi connectivity index (χ4n) is 0.463. The lowest BCUT2D eigenvalue weighted by Crippen LogP contribution is -2.35. The maximum atomic E-state index is 10.2. The first-order valence-corrected chi connectivity index (χ1v) is 3.15. The fourth-order valence-corrected chi connectivity index (χ4v) is 0.463. The predicted octanol–water partition coefficient (Wildman–Crippen LogP) is 0.359. The van der Waals surface area contributed by atoms with Gasteiger partial charge in [0.2, 0.25) is 0 Å². The first-order valence-electron chi connectivity index (χ1n) is 3.15. The van der Waals surface area contributed by atoms with Gasteiger partial charge in [0.25, 0.3) is 0 Å². The Balaban J connectivity index is 3.38. The van der Waals surface area contributed by atoms with Crippen molar-refractivity contribution in [3.8, 4) is 0 Å². The number of azide groups is 1. The summed E-state index contributed by atoms with van der Waals surface area (Å²) in [6, 6.07) is -0.594. The number of nitrogens with zero attached hydrogens (tertiary/aromatic N) is 3.